The van der Waals surface area contributed by atoms with Gasteiger partial charge in [0.05, 0.1) is 17.6 Å². The first kappa shape index (κ1) is 16.9. The highest BCUT2D eigenvalue weighted by Gasteiger charge is 2.32. The number of hydrogen-bond acceptors (Lipinski definition) is 6. The molecule has 2 aliphatic heterocycles. The fraction of sp³-hybridized carbons (Fsp3) is 0.611. The molecule has 0 bridgehead atoms. The number of carbonyl (C=O) groups excluding carboxylic acids is 1. The summed E-state index contributed by atoms with van der Waals surface area (Å²) in [5.74, 6) is 0.707. The van der Waals surface area contributed by atoms with Crippen molar-refractivity contribution < 1.29 is 9.53 Å². The Morgan fingerprint density at radius 2 is 2.20 bits per heavy atom. The van der Waals surface area contributed by atoms with Gasteiger partial charge in [0.1, 0.15) is 10.7 Å². The highest BCUT2D eigenvalue weighted by molar-refractivity contribution is 7.20. The van der Waals surface area contributed by atoms with E-state index in [1.807, 2.05) is 20.8 Å². The highest BCUT2D eigenvalue weighted by atomic mass is 32.1. The van der Waals surface area contributed by atoms with Crippen LogP contribution >= 0.6 is 11.3 Å². The average molecular weight is 360 g/mol. The van der Waals surface area contributed by atoms with Crippen LogP contribution in [0, 0.1) is 20.8 Å². The normalized spacial score (nSPS) is 23.8. The predicted octanol–water partition coefficient (Wildman–Crippen LogP) is 2.21. The van der Waals surface area contributed by atoms with Crippen molar-refractivity contribution in [2.24, 2.45) is 0 Å². The van der Waals surface area contributed by atoms with Crippen LogP contribution in [0.3, 0.4) is 0 Å². The molecule has 134 valence electrons. The summed E-state index contributed by atoms with van der Waals surface area (Å²) in [6.45, 7) is 9.25. The first-order valence-corrected chi connectivity index (χ1v) is 9.72. The van der Waals surface area contributed by atoms with Crippen molar-refractivity contribution in [3.05, 3.63) is 22.0 Å². The van der Waals surface area contributed by atoms with E-state index in [1.54, 1.807) is 0 Å². The number of aryl methyl sites for hydroxylation is 3. The van der Waals surface area contributed by atoms with Crippen LogP contribution in [0.2, 0.25) is 0 Å². The lowest BCUT2D eigenvalue weighted by molar-refractivity contribution is -0.0461. The summed E-state index contributed by atoms with van der Waals surface area (Å²) < 4.78 is 5.93. The van der Waals surface area contributed by atoms with E-state index in [0.29, 0.717) is 12.6 Å². The van der Waals surface area contributed by atoms with E-state index < -0.39 is 0 Å². The number of fused-ring (bicyclic) bond motifs is 2. The van der Waals surface area contributed by atoms with Gasteiger partial charge >= 0.3 is 0 Å². The third-order valence-corrected chi connectivity index (χ3v) is 6.43. The Hall–Kier alpha value is -1.57. The van der Waals surface area contributed by atoms with Gasteiger partial charge in [-0.25, -0.2) is 9.97 Å². The minimum absolute atomic E-state index is 0.0373. The molecule has 0 radical (unpaired) electrons. The molecule has 2 aromatic rings. The molecule has 7 heteroatoms. The van der Waals surface area contributed by atoms with Crippen molar-refractivity contribution >= 4 is 27.5 Å². The van der Waals surface area contributed by atoms with Crippen molar-refractivity contribution in [3.63, 3.8) is 0 Å². The van der Waals surface area contributed by atoms with Crippen LogP contribution in [0.15, 0.2) is 0 Å². The van der Waals surface area contributed by atoms with Gasteiger partial charge in [0, 0.05) is 30.2 Å². The van der Waals surface area contributed by atoms with E-state index in [4.69, 9.17) is 4.74 Å². The number of carbonyl (C=O) groups is 1. The molecule has 2 aromatic heterocycles. The van der Waals surface area contributed by atoms with Crippen LogP contribution in [-0.2, 0) is 4.74 Å². The molecule has 0 unspecified atom stereocenters. The maximum Gasteiger partial charge on any atom is 0.261 e. The molecule has 1 N–H and O–H groups in total. The molecule has 4 rings (SSSR count). The molecule has 2 saturated heterocycles. The van der Waals surface area contributed by atoms with E-state index >= 15 is 0 Å². The van der Waals surface area contributed by atoms with Gasteiger partial charge in [-0.1, -0.05) is 0 Å². The van der Waals surface area contributed by atoms with Crippen LogP contribution in [0.4, 0.5) is 0 Å². The molecule has 4 heterocycles. The maximum atomic E-state index is 12.7. The fourth-order valence-corrected chi connectivity index (χ4v) is 5.18. The molecule has 25 heavy (non-hydrogen) atoms. The lowest BCUT2D eigenvalue weighted by atomic mass is 10.1. The number of nitrogens with one attached hydrogen (secondary N) is 1. The van der Waals surface area contributed by atoms with E-state index in [2.05, 4.69) is 20.2 Å². The van der Waals surface area contributed by atoms with Crippen molar-refractivity contribution in [3.8, 4) is 0 Å². The zero-order valence-corrected chi connectivity index (χ0v) is 15.8. The maximum absolute atomic E-state index is 12.7. The lowest BCUT2D eigenvalue weighted by Crippen LogP contribution is -2.50. The molecule has 0 spiro atoms. The van der Waals surface area contributed by atoms with Crippen molar-refractivity contribution in [1.82, 2.24) is 20.2 Å². The van der Waals surface area contributed by atoms with E-state index in [1.165, 1.54) is 24.2 Å². The average Bonchev–Trinajstić information content (AvgIpc) is 3.16. The molecule has 0 saturated carbocycles. The molecule has 0 aromatic carbocycles. The Kier molecular flexibility index (Phi) is 4.47. The number of thiophene rings is 1. The zero-order chi connectivity index (χ0) is 17.6. The van der Waals surface area contributed by atoms with Gasteiger partial charge in [0.15, 0.2) is 0 Å². The summed E-state index contributed by atoms with van der Waals surface area (Å²) in [6, 6.07) is 0.585. The van der Waals surface area contributed by atoms with Gasteiger partial charge in [0.25, 0.3) is 5.91 Å². The molecule has 2 atom stereocenters. The first-order valence-electron chi connectivity index (χ1n) is 8.91. The van der Waals surface area contributed by atoms with Crippen molar-refractivity contribution in [2.75, 3.05) is 26.2 Å². The highest BCUT2D eigenvalue weighted by Crippen LogP contribution is 2.31. The van der Waals surface area contributed by atoms with Crippen molar-refractivity contribution in [1.29, 1.82) is 0 Å². The van der Waals surface area contributed by atoms with Crippen LogP contribution in [-0.4, -0.2) is 59.2 Å². The standard InChI is InChI=1S/C18H24N4O2S/c1-10-15-11(2)20-12(3)21-18(15)25-16(10)17(23)19-7-14-8-22-6-4-5-13(22)9-24-14/h13-14H,4-9H2,1-3H3,(H,19,23)/t13-,14-/m0/s1. The van der Waals surface area contributed by atoms with Crippen LogP contribution in [0.5, 0.6) is 0 Å². The Bertz CT molecular complexity index is 819. The van der Waals surface area contributed by atoms with E-state index in [9.17, 15) is 4.79 Å². The Balaban J connectivity index is 1.45. The van der Waals surface area contributed by atoms with Gasteiger partial charge < -0.3 is 10.1 Å². The van der Waals surface area contributed by atoms with Crippen LogP contribution in [0.1, 0.15) is 39.6 Å². The monoisotopic (exact) mass is 360 g/mol. The molecule has 2 fully saturated rings. The van der Waals surface area contributed by atoms with Gasteiger partial charge in [-0.2, -0.15) is 0 Å². The fourth-order valence-electron chi connectivity index (χ4n) is 3.99. The Labute approximate surface area is 151 Å². The lowest BCUT2D eigenvalue weighted by Gasteiger charge is -2.35. The van der Waals surface area contributed by atoms with Gasteiger partial charge in [-0.3, -0.25) is 9.69 Å². The van der Waals surface area contributed by atoms with Crippen molar-refractivity contribution in [2.45, 2.75) is 45.8 Å². The third kappa shape index (κ3) is 3.16. The molecular weight excluding hydrogens is 336 g/mol. The number of amides is 1. The summed E-state index contributed by atoms with van der Waals surface area (Å²) in [5, 5.41) is 4.06. The molecule has 0 aliphatic carbocycles. The Morgan fingerprint density at radius 1 is 1.36 bits per heavy atom. The quantitative estimate of drug-likeness (QED) is 0.909. The minimum atomic E-state index is -0.0373. The van der Waals surface area contributed by atoms with E-state index in [-0.39, 0.29) is 12.0 Å². The van der Waals surface area contributed by atoms with Crippen LogP contribution in [0.25, 0.3) is 10.2 Å². The van der Waals surface area contributed by atoms with Gasteiger partial charge in [0.2, 0.25) is 0 Å². The van der Waals surface area contributed by atoms with Crippen LogP contribution < -0.4 is 5.32 Å². The first-order chi connectivity index (χ1) is 12.0. The summed E-state index contributed by atoms with van der Waals surface area (Å²) in [4.78, 5) is 25.7. The number of ether oxygens (including phenoxy) is 1. The SMILES string of the molecule is Cc1nc(C)c2c(C)c(C(=O)NC[C@H]3CN4CCC[C@H]4CO3)sc2n1. The summed E-state index contributed by atoms with van der Waals surface area (Å²) in [7, 11) is 0. The molecule has 6 nitrogen and oxygen atoms in total. The second kappa shape index (κ2) is 6.63. The molecule has 1 amide bonds. The molecule has 2 aliphatic rings. The smallest absolute Gasteiger partial charge is 0.261 e. The summed E-state index contributed by atoms with van der Waals surface area (Å²) in [6.07, 6.45) is 2.57. The van der Waals surface area contributed by atoms with E-state index in [0.717, 1.165) is 51.9 Å². The topological polar surface area (TPSA) is 67.4 Å². The second-order valence-electron chi connectivity index (χ2n) is 7.05. The second-order valence-corrected chi connectivity index (χ2v) is 8.05. The molecular formula is C18H24N4O2S. The number of aromatic nitrogens is 2. The Morgan fingerprint density at radius 3 is 3.04 bits per heavy atom. The number of rotatable bonds is 3. The summed E-state index contributed by atoms with van der Waals surface area (Å²) in [5.41, 5.74) is 1.91. The van der Waals surface area contributed by atoms with Gasteiger partial charge in [-0.15, -0.1) is 11.3 Å². The predicted molar refractivity (Wildman–Crippen MR) is 98.3 cm³/mol. The minimum Gasteiger partial charge on any atom is -0.373 e. The van der Waals surface area contributed by atoms with Gasteiger partial charge in [-0.05, 0) is 45.7 Å². The number of hydrogen-bond donors (Lipinski definition) is 1. The number of morpholine rings is 1. The zero-order valence-electron chi connectivity index (χ0n) is 15.0. The largest absolute Gasteiger partial charge is 0.373 e. The number of nitrogens with zero attached hydrogens (tertiary/aromatic N) is 3. The summed E-state index contributed by atoms with van der Waals surface area (Å²) >= 11 is 1.45. The third-order valence-electron chi connectivity index (χ3n) is 5.24.